The van der Waals surface area contributed by atoms with Crippen LogP contribution in [0, 0.1) is 11.3 Å². The van der Waals surface area contributed by atoms with E-state index in [1.54, 1.807) is 41.6 Å². The minimum absolute atomic E-state index is 0.0215. The summed E-state index contributed by atoms with van der Waals surface area (Å²) in [7, 11) is 0. The summed E-state index contributed by atoms with van der Waals surface area (Å²) in [4.78, 5) is 20.4. The second-order valence-corrected chi connectivity index (χ2v) is 6.81. The van der Waals surface area contributed by atoms with Gasteiger partial charge in [0.05, 0.1) is 17.3 Å². The zero-order valence-electron chi connectivity index (χ0n) is 16.3. The molecular weight excluding hydrogens is 380 g/mol. The number of piperazine rings is 1. The molecule has 3 aromatic rings. The molecule has 8 heteroatoms. The highest BCUT2D eigenvalue weighted by Gasteiger charge is 2.22. The molecule has 1 aliphatic rings. The quantitative estimate of drug-likeness (QED) is 0.647. The van der Waals surface area contributed by atoms with Gasteiger partial charge in [0.1, 0.15) is 5.75 Å². The Labute approximate surface area is 174 Å². The van der Waals surface area contributed by atoms with Crippen LogP contribution in [-0.4, -0.2) is 58.8 Å². The van der Waals surface area contributed by atoms with Crippen LogP contribution in [0.4, 0.5) is 5.82 Å². The van der Waals surface area contributed by atoms with Crippen molar-refractivity contribution in [2.45, 2.75) is 0 Å². The highest BCUT2D eigenvalue weighted by atomic mass is 16.5. The number of amides is 1. The van der Waals surface area contributed by atoms with Crippen LogP contribution >= 0.6 is 0 Å². The third-order valence-electron chi connectivity index (χ3n) is 4.93. The molecule has 0 radical (unpaired) electrons. The standard InChI is InChI=1S/C22H20N6O2/c23-15-17-1-3-19(4-2-17)30-16-22(29)28-13-11-27(12-14-28)21-6-5-20(25-26-21)18-7-9-24-10-8-18/h1-10H,11-14,16H2. The van der Waals surface area contributed by atoms with E-state index in [0.29, 0.717) is 37.5 Å². The van der Waals surface area contributed by atoms with Crippen molar-refractivity contribution in [3.63, 3.8) is 0 Å². The van der Waals surface area contributed by atoms with Crippen molar-refractivity contribution in [2.24, 2.45) is 0 Å². The van der Waals surface area contributed by atoms with Crippen LogP contribution in [0.5, 0.6) is 5.75 Å². The van der Waals surface area contributed by atoms with Gasteiger partial charge in [-0.2, -0.15) is 5.26 Å². The molecule has 0 spiro atoms. The molecule has 0 unspecified atom stereocenters. The summed E-state index contributed by atoms with van der Waals surface area (Å²) in [5, 5.41) is 17.5. The summed E-state index contributed by atoms with van der Waals surface area (Å²) in [5.41, 5.74) is 2.33. The van der Waals surface area contributed by atoms with Gasteiger partial charge in [-0.3, -0.25) is 9.78 Å². The normalized spacial score (nSPS) is 13.6. The Morgan fingerprint density at radius 3 is 2.33 bits per heavy atom. The van der Waals surface area contributed by atoms with Crippen LogP contribution in [0.3, 0.4) is 0 Å². The number of pyridine rings is 1. The van der Waals surface area contributed by atoms with Crippen molar-refractivity contribution >= 4 is 11.7 Å². The highest BCUT2D eigenvalue weighted by Crippen LogP contribution is 2.19. The third kappa shape index (κ3) is 4.52. The molecule has 150 valence electrons. The number of nitriles is 1. The Kier molecular flexibility index (Phi) is 5.80. The molecule has 0 aliphatic carbocycles. The lowest BCUT2D eigenvalue weighted by Gasteiger charge is -2.35. The number of ether oxygens (including phenoxy) is 1. The number of hydrogen-bond acceptors (Lipinski definition) is 7. The second-order valence-electron chi connectivity index (χ2n) is 6.81. The van der Waals surface area contributed by atoms with E-state index in [0.717, 1.165) is 17.1 Å². The summed E-state index contributed by atoms with van der Waals surface area (Å²) in [6, 6.07) is 16.5. The fourth-order valence-corrected chi connectivity index (χ4v) is 3.22. The van der Waals surface area contributed by atoms with E-state index in [4.69, 9.17) is 10.00 Å². The van der Waals surface area contributed by atoms with Crippen molar-refractivity contribution < 1.29 is 9.53 Å². The minimum atomic E-state index is -0.0573. The predicted molar refractivity (Wildman–Crippen MR) is 111 cm³/mol. The van der Waals surface area contributed by atoms with Crippen molar-refractivity contribution in [3.8, 4) is 23.1 Å². The van der Waals surface area contributed by atoms with Crippen LogP contribution in [-0.2, 0) is 4.79 Å². The van der Waals surface area contributed by atoms with Gasteiger partial charge in [0.2, 0.25) is 0 Å². The first-order valence-electron chi connectivity index (χ1n) is 9.63. The van der Waals surface area contributed by atoms with Gasteiger partial charge in [0.25, 0.3) is 5.91 Å². The maximum absolute atomic E-state index is 12.4. The average molecular weight is 400 g/mol. The molecule has 1 aromatic carbocycles. The lowest BCUT2D eigenvalue weighted by molar-refractivity contribution is -0.133. The first-order chi connectivity index (χ1) is 14.7. The molecule has 1 amide bonds. The molecule has 30 heavy (non-hydrogen) atoms. The SMILES string of the molecule is N#Cc1ccc(OCC(=O)N2CCN(c3ccc(-c4ccncc4)nn3)CC2)cc1. The number of nitrogens with zero attached hydrogens (tertiary/aromatic N) is 6. The lowest BCUT2D eigenvalue weighted by atomic mass is 10.2. The van der Waals surface area contributed by atoms with Crippen LogP contribution in [0.1, 0.15) is 5.56 Å². The van der Waals surface area contributed by atoms with Crippen molar-refractivity contribution in [2.75, 3.05) is 37.7 Å². The summed E-state index contributed by atoms with van der Waals surface area (Å²) in [5.74, 6) is 1.32. The Bertz CT molecular complexity index is 1020. The summed E-state index contributed by atoms with van der Waals surface area (Å²) in [6.45, 7) is 2.55. The molecule has 0 saturated carbocycles. The number of rotatable bonds is 5. The topological polar surface area (TPSA) is 95.2 Å². The van der Waals surface area contributed by atoms with Gasteiger partial charge in [-0.05, 0) is 48.5 Å². The van der Waals surface area contributed by atoms with Gasteiger partial charge in [0.15, 0.2) is 12.4 Å². The Hall–Kier alpha value is -3.99. The molecule has 3 heterocycles. The van der Waals surface area contributed by atoms with E-state index < -0.39 is 0 Å². The van der Waals surface area contributed by atoms with Crippen LogP contribution in [0.2, 0.25) is 0 Å². The fourth-order valence-electron chi connectivity index (χ4n) is 3.22. The van der Waals surface area contributed by atoms with Gasteiger partial charge in [-0.15, -0.1) is 10.2 Å². The fraction of sp³-hybridized carbons (Fsp3) is 0.227. The molecule has 1 saturated heterocycles. The number of aromatic nitrogens is 3. The molecular formula is C22H20N6O2. The zero-order chi connectivity index (χ0) is 20.8. The molecule has 0 bridgehead atoms. The maximum Gasteiger partial charge on any atom is 0.260 e. The number of carbonyl (C=O) groups excluding carboxylic acids is 1. The van der Waals surface area contributed by atoms with Crippen LogP contribution in [0.15, 0.2) is 60.9 Å². The van der Waals surface area contributed by atoms with Gasteiger partial charge in [0, 0.05) is 44.1 Å². The number of hydrogen-bond donors (Lipinski definition) is 0. The summed E-state index contributed by atoms with van der Waals surface area (Å²) >= 11 is 0. The van der Waals surface area contributed by atoms with Crippen LogP contribution < -0.4 is 9.64 Å². The average Bonchev–Trinajstić information content (AvgIpc) is 2.83. The molecule has 1 fully saturated rings. The van der Waals surface area contributed by atoms with E-state index in [1.807, 2.05) is 24.3 Å². The van der Waals surface area contributed by atoms with Crippen molar-refractivity contribution in [1.29, 1.82) is 5.26 Å². The van der Waals surface area contributed by atoms with Gasteiger partial charge in [-0.1, -0.05) is 0 Å². The maximum atomic E-state index is 12.4. The number of carbonyl (C=O) groups is 1. The molecule has 2 aromatic heterocycles. The number of benzene rings is 1. The molecule has 0 atom stereocenters. The Balaban J connectivity index is 1.28. The number of anilines is 1. The van der Waals surface area contributed by atoms with E-state index in [9.17, 15) is 4.79 Å². The van der Waals surface area contributed by atoms with E-state index >= 15 is 0 Å². The predicted octanol–water partition coefficient (Wildman–Crippen LogP) is 2.14. The van der Waals surface area contributed by atoms with E-state index in [-0.39, 0.29) is 12.5 Å². The second kappa shape index (κ2) is 9.01. The molecule has 8 nitrogen and oxygen atoms in total. The summed E-state index contributed by atoms with van der Waals surface area (Å²) < 4.78 is 5.55. The van der Waals surface area contributed by atoms with Gasteiger partial charge >= 0.3 is 0 Å². The first kappa shape index (κ1) is 19.3. The van der Waals surface area contributed by atoms with Gasteiger partial charge < -0.3 is 14.5 Å². The van der Waals surface area contributed by atoms with Crippen molar-refractivity contribution in [1.82, 2.24) is 20.1 Å². The van der Waals surface area contributed by atoms with Crippen LogP contribution in [0.25, 0.3) is 11.3 Å². The first-order valence-corrected chi connectivity index (χ1v) is 9.63. The largest absolute Gasteiger partial charge is 0.484 e. The van der Waals surface area contributed by atoms with Crippen molar-refractivity contribution in [3.05, 3.63) is 66.5 Å². The summed E-state index contributed by atoms with van der Waals surface area (Å²) in [6.07, 6.45) is 3.46. The molecule has 0 N–H and O–H groups in total. The molecule has 1 aliphatic heterocycles. The smallest absolute Gasteiger partial charge is 0.260 e. The Morgan fingerprint density at radius 2 is 1.70 bits per heavy atom. The molecule has 4 rings (SSSR count). The Morgan fingerprint density at radius 1 is 0.967 bits per heavy atom. The third-order valence-corrected chi connectivity index (χ3v) is 4.93. The zero-order valence-corrected chi connectivity index (χ0v) is 16.3. The van der Waals surface area contributed by atoms with E-state index in [1.165, 1.54) is 0 Å². The lowest BCUT2D eigenvalue weighted by Crippen LogP contribution is -2.50. The van der Waals surface area contributed by atoms with Gasteiger partial charge in [-0.25, -0.2) is 0 Å². The van der Waals surface area contributed by atoms with E-state index in [2.05, 4.69) is 26.2 Å². The minimum Gasteiger partial charge on any atom is -0.484 e. The monoisotopic (exact) mass is 400 g/mol. The highest BCUT2D eigenvalue weighted by molar-refractivity contribution is 5.78.